The van der Waals surface area contributed by atoms with Crippen LogP contribution in [0.5, 0.6) is 5.75 Å². The minimum atomic E-state index is -0.362. The number of amides is 1. The molecule has 0 spiro atoms. The van der Waals surface area contributed by atoms with Crippen LogP contribution >= 0.6 is 0 Å². The van der Waals surface area contributed by atoms with E-state index in [1.807, 2.05) is 49.4 Å². The third kappa shape index (κ3) is 4.14. The lowest BCUT2D eigenvalue weighted by Crippen LogP contribution is -2.23. The van der Waals surface area contributed by atoms with Gasteiger partial charge in [-0.25, -0.2) is 4.79 Å². The first kappa shape index (κ1) is 18.7. The smallest absolute Gasteiger partial charge is 0.339 e. The summed E-state index contributed by atoms with van der Waals surface area (Å²) in [6.45, 7) is 2.51. The molecule has 0 radical (unpaired) electrons. The van der Waals surface area contributed by atoms with Crippen molar-refractivity contribution in [3.05, 3.63) is 95.1 Å². The van der Waals surface area contributed by atoms with Gasteiger partial charge in [0, 0.05) is 17.7 Å². The number of esters is 1. The Labute approximate surface area is 169 Å². The molecule has 4 rings (SSSR count). The van der Waals surface area contributed by atoms with E-state index < -0.39 is 0 Å². The largest absolute Gasteiger partial charge is 0.494 e. The quantitative estimate of drug-likeness (QED) is 0.639. The Bertz CT molecular complexity index is 1030. The van der Waals surface area contributed by atoms with Crippen LogP contribution in [0.3, 0.4) is 0 Å². The molecule has 5 nitrogen and oxygen atoms in total. The Kier molecular flexibility index (Phi) is 5.29. The molecule has 1 atom stereocenters. The summed E-state index contributed by atoms with van der Waals surface area (Å²) in [5.74, 6) is 0.162. The summed E-state index contributed by atoms with van der Waals surface area (Å²) < 4.78 is 11.0. The molecule has 3 aromatic rings. The number of nitrogens with one attached hydrogen (secondary N) is 1. The summed E-state index contributed by atoms with van der Waals surface area (Å²) in [5.41, 5.74) is 3.44. The standard InChI is InChI=1S/C24H21NO4/c1-2-28-20-11-9-19(10-12-20)25-23(26)17-8-13-21-18(14-17)15-22(29-24(21)27)16-6-4-3-5-7-16/h3-14,22H,2,15H2,1H3,(H,25,26)/t22-/m1/s1. The molecule has 1 N–H and O–H groups in total. The van der Waals surface area contributed by atoms with Gasteiger partial charge in [0.05, 0.1) is 12.2 Å². The van der Waals surface area contributed by atoms with E-state index in [0.717, 1.165) is 16.9 Å². The van der Waals surface area contributed by atoms with Gasteiger partial charge < -0.3 is 14.8 Å². The van der Waals surface area contributed by atoms with E-state index in [0.29, 0.717) is 29.8 Å². The molecule has 1 amide bonds. The summed E-state index contributed by atoms with van der Waals surface area (Å²) in [6, 6.07) is 21.9. The van der Waals surface area contributed by atoms with Crippen LogP contribution in [-0.4, -0.2) is 18.5 Å². The van der Waals surface area contributed by atoms with Crippen molar-refractivity contribution in [2.24, 2.45) is 0 Å². The Morgan fingerprint density at radius 2 is 1.83 bits per heavy atom. The zero-order valence-electron chi connectivity index (χ0n) is 16.1. The highest BCUT2D eigenvalue weighted by molar-refractivity contribution is 6.05. The predicted octanol–water partition coefficient (Wildman–Crippen LogP) is 4.79. The zero-order chi connectivity index (χ0) is 20.2. The minimum Gasteiger partial charge on any atom is -0.494 e. The van der Waals surface area contributed by atoms with E-state index in [1.54, 1.807) is 30.3 Å². The highest BCUT2D eigenvalue weighted by Crippen LogP contribution is 2.31. The number of ether oxygens (including phenoxy) is 2. The Morgan fingerprint density at radius 3 is 2.55 bits per heavy atom. The van der Waals surface area contributed by atoms with Crippen LogP contribution in [0.2, 0.25) is 0 Å². The number of cyclic esters (lactones) is 1. The molecular weight excluding hydrogens is 366 g/mol. The number of carbonyl (C=O) groups excluding carboxylic acids is 2. The first-order chi connectivity index (χ1) is 14.1. The van der Waals surface area contributed by atoms with Gasteiger partial charge in [0.15, 0.2) is 0 Å². The lowest BCUT2D eigenvalue weighted by Gasteiger charge is -2.25. The van der Waals surface area contributed by atoms with Crippen molar-refractivity contribution >= 4 is 17.6 Å². The minimum absolute atomic E-state index is 0.229. The molecular formula is C24H21NO4. The van der Waals surface area contributed by atoms with E-state index in [2.05, 4.69) is 5.32 Å². The van der Waals surface area contributed by atoms with Crippen molar-refractivity contribution in [2.45, 2.75) is 19.4 Å². The molecule has 5 heteroatoms. The number of fused-ring (bicyclic) bond motifs is 1. The number of hydrogen-bond donors (Lipinski definition) is 1. The molecule has 29 heavy (non-hydrogen) atoms. The molecule has 1 aliphatic heterocycles. The molecule has 0 fully saturated rings. The number of rotatable bonds is 5. The summed E-state index contributed by atoms with van der Waals surface area (Å²) in [7, 11) is 0. The van der Waals surface area contributed by atoms with Crippen molar-refractivity contribution in [1.82, 2.24) is 0 Å². The predicted molar refractivity (Wildman–Crippen MR) is 110 cm³/mol. The molecule has 0 bridgehead atoms. The average molecular weight is 387 g/mol. The Morgan fingerprint density at radius 1 is 1.07 bits per heavy atom. The van der Waals surface area contributed by atoms with Crippen LogP contribution < -0.4 is 10.1 Å². The van der Waals surface area contributed by atoms with Gasteiger partial charge in [0.25, 0.3) is 5.91 Å². The topological polar surface area (TPSA) is 64.6 Å². The second-order valence-electron chi connectivity index (χ2n) is 6.79. The summed E-state index contributed by atoms with van der Waals surface area (Å²) in [4.78, 5) is 25.1. The van der Waals surface area contributed by atoms with Crippen molar-refractivity contribution in [2.75, 3.05) is 11.9 Å². The zero-order valence-corrected chi connectivity index (χ0v) is 16.1. The van der Waals surface area contributed by atoms with Gasteiger partial charge in [0.1, 0.15) is 11.9 Å². The van der Waals surface area contributed by atoms with Gasteiger partial charge in [-0.05, 0) is 60.5 Å². The van der Waals surface area contributed by atoms with Crippen LogP contribution in [0.15, 0.2) is 72.8 Å². The number of benzene rings is 3. The van der Waals surface area contributed by atoms with Crippen LogP contribution in [0.1, 0.15) is 44.9 Å². The van der Waals surface area contributed by atoms with Crippen LogP contribution in [0, 0.1) is 0 Å². The average Bonchev–Trinajstić information content (AvgIpc) is 2.75. The molecule has 0 unspecified atom stereocenters. The third-order valence-electron chi connectivity index (χ3n) is 4.84. The first-order valence-electron chi connectivity index (χ1n) is 9.57. The summed E-state index contributed by atoms with van der Waals surface area (Å²) in [5, 5.41) is 2.88. The fourth-order valence-electron chi connectivity index (χ4n) is 3.40. The highest BCUT2D eigenvalue weighted by atomic mass is 16.5. The van der Waals surface area contributed by atoms with Crippen LogP contribution in [0.25, 0.3) is 0 Å². The lowest BCUT2D eigenvalue weighted by atomic mass is 9.93. The number of hydrogen-bond acceptors (Lipinski definition) is 4. The normalized spacial score (nSPS) is 15.2. The molecule has 0 aliphatic carbocycles. The number of carbonyl (C=O) groups is 2. The maximum Gasteiger partial charge on any atom is 0.339 e. The first-order valence-corrected chi connectivity index (χ1v) is 9.57. The highest BCUT2D eigenvalue weighted by Gasteiger charge is 2.28. The maximum absolute atomic E-state index is 12.7. The molecule has 0 saturated heterocycles. The van der Waals surface area contributed by atoms with E-state index in [-0.39, 0.29) is 18.0 Å². The van der Waals surface area contributed by atoms with Gasteiger partial charge in [0.2, 0.25) is 0 Å². The summed E-state index contributed by atoms with van der Waals surface area (Å²) in [6.07, 6.45) is 0.190. The SMILES string of the molecule is CCOc1ccc(NC(=O)c2ccc3c(c2)C[C@H](c2ccccc2)OC3=O)cc1. The molecule has 1 aliphatic rings. The van der Waals surface area contributed by atoms with Gasteiger partial charge >= 0.3 is 5.97 Å². The Hall–Kier alpha value is -3.60. The molecule has 0 saturated carbocycles. The summed E-state index contributed by atoms with van der Waals surface area (Å²) >= 11 is 0. The molecule has 1 heterocycles. The van der Waals surface area contributed by atoms with Gasteiger partial charge in [-0.1, -0.05) is 30.3 Å². The van der Waals surface area contributed by atoms with E-state index >= 15 is 0 Å². The van der Waals surface area contributed by atoms with Gasteiger partial charge in [-0.3, -0.25) is 4.79 Å². The van der Waals surface area contributed by atoms with Gasteiger partial charge in [-0.2, -0.15) is 0 Å². The van der Waals surface area contributed by atoms with E-state index in [4.69, 9.17) is 9.47 Å². The van der Waals surface area contributed by atoms with Crippen molar-refractivity contribution in [3.8, 4) is 5.75 Å². The second-order valence-corrected chi connectivity index (χ2v) is 6.79. The lowest BCUT2D eigenvalue weighted by molar-refractivity contribution is 0.0252. The van der Waals surface area contributed by atoms with E-state index in [1.165, 1.54) is 0 Å². The number of anilines is 1. The van der Waals surface area contributed by atoms with Crippen molar-refractivity contribution in [3.63, 3.8) is 0 Å². The second kappa shape index (κ2) is 8.19. The maximum atomic E-state index is 12.7. The third-order valence-corrected chi connectivity index (χ3v) is 4.84. The van der Waals surface area contributed by atoms with Crippen molar-refractivity contribution in [1.29, 1.82) is 0 Å². The molecule has 3 aromatic carbocycles. The van der Waals surface area contributed by atoms with Crippen molar-refractivity contribution < 1.29 is 19.1 Å². The van der Waals surface area contributed by atoms with Gasteiger partial charge in [-0.15, -0.1) is 0 Å². The Balaban J connectivity index is 1.52. The molecule has 0 aromatic heterocycles. The fraction of sp³-hybridized carbons (Fsp3) is 0.167. The van der Waals surface area contributed by atoms with E-state index in [9.17, 15) is 9.59 Å². The van der Waals surface area contributed by atoms with Crippen LogP contribution in [-0.2, 0) is 11.2 Å². The molecule has 146 valence electrons. The van der Waals surface area contributed by atoms with Crippen LogP contribution in [0.4, 0.5) is 5.69 Å². The fourth-order valence-corrected chi connectivity index (χ4v) is 3.40. The monoisotopic (exact) mass is 387 g/mol.